The lowest BCUT2D eigenvalue weighted by Crippen LogP contribution is -2.29. The topological polar surface area (TPSA) is 180 Å². The summed E-state index contributed by atoms with van der Waals surface area (Å²) in [4.78, 5) is 19.8. The molecule has 1 rings (SSSR count). The van der Waals surface area contributed by atoms with Crippen molar-refractivity contribution in [3.8, 4) is 0 Å². The largest absolute Gasteiger partial charge is 0.448 e. The number of carbonyl (C=O) groups excluding carboxylic acids is 1. The summed E-state index contributed by atoms with van der Waals surface area (Å²) in [6, 6.07) is 3.28. The first kappa shape index (κ1) is 16.6. The van der Waals surface area contributed by atoms with Gasteiger partial charge in [0.05, 0.1) is 10.6 Å². The molecule has 0 radical (unpaired) electrons. The van der Waals surface area contributed by atoms with E-state index in [2.05, 4.69) is 10.2 Å². The van der Waals surface area contributed by atoms with Crippen LogP contribution in [0.5, 0.6) is 0 Å². The summed E-state index contributed by atoms with van der Waals surface area (Å²) in [7, 11) is -4.15. The maximum atomic E-state index is 12.0. The highest BCUT2D eigenvalue weighted by Gasteiger charge is 2.25. The zero-order valence-electron chi connectivity index (χ0n) is 10.6. The minimum Gasteiger partial charge on any atom is -0.448 e. The zero-order chi connectivity index (χ0) is 16.0. The van der Waals surface area contributed by atoms with Crippen molar-refractivity contribution in [3.05, 3.63) is 28.3 Å². The molecule has 1 aromatic rings. The van der Waals surface area contributed by atoms with Crippen LogP contribution in [-0.4, -0.2) is 32.6 Å². The number of primary amides is 1. The van der Waals surface area contributed by atoms with Gasteiger partial charge >= 0.3 is 6.09 Å². The summed E-state index contributed by atoms with van der Waals surface area (Å²) >= 11 is 0. The van der Waals surface area contributed by atoms with Gasteiger partial charge in [0.2, 0.25) is 10.0 Å². The van der Waals surface area contributed by atoms with Crippen LogP contribution in [-0.2, 0) is 14.8 Å². The molecule has 21 heavy (non-hydrogen) atoms. The van der Waals surface area contributed by atoms with Gasteiger partial charge in [0.1, 0.15) is 6.61 Å². The number of rotatable bonds is 7. The highest BCUT2D eigenvalue weighted by Crippen LogP contribution is 2.26. The number of benzene rings is 1. The number of hydrogen-bond acceptors (Lipinski definition) is 8. The smallest absolute Gasteiger partial charge is 0.404 e. The molecule has 0 aliphatic heterocycles. The van der Waals surface area contributed by atoms with Crippen LogP contribution in [0.25, 0.3) is 0 Å². The number of nitro benzene ring substituents is 1. The Morgan fingerprint density at radius 3 is 2.62 bits per heavy atom. The standard InChI is InChI=1S/C9H13N5O6S/c10-9(15)20-4-3-12-21(18,19)8-2-1-6(13-11)5-7(8)14(16)17/h1-2,5,12-13H,3-4,11H2,(H2,10,15). The number of nitrogens with zero attached hydrogens (tertiary/aromatic N) is 1. The van der Waals surface area contributed by atoms with Gasteiger partial charge in [-0.25, -0.2) is 17.9 Å². The molecule has 0 spiro atoms. The molecule has 0 saturated heterocycles. The summed E-state index contributed by atoms with van der Waals surface area (Å²) in [5.41, 5.74) is 6.41. The highest BCUT2D eigenvalue weighted by atomic mass is 32.2. The Labute approximate surface area is 119 Å². The van der Waals surface area contributed by atoms with E-state index < -0.39 is 31.6 Å². The second kappa shape index (κ2) is 6.83. The molecule has 0 atom stereocenters. The van der Waals surface area contributed by atoms with Crippen LogP contribution in [0.15, 0.2) is 23.1 Å². The highest BCUT2D eigenvalue weighted by molar-refractivity contribution is 7.89. The Morgan fingerprint density at radius 2 is 2.10 bits per heavy atom. The Bertz CT molecular complexity index is 646. The van der Waals surface area contributed by atoms with Crippen LogP contribution in [0.1, 0.15) is 0 Å². The van der Waals surface area contributed by atoms with E-state index in [9.17, 15) is 23.3 Å². The summed E-state index contributed by atoms with van der Waals surface area (Å²) < 4.78 is 30.3. The van der Waals surface area contributed by atoms with Crippen LogP contribution in [0.2, 0.25) is 0 Å². The maximum Gasteiger partial charge on any atom is 0.404 e. The molecular weight excluding hydrogens is 306 g/mol. The number of hydrazine groups is 1. The fraction of sp³-hybridized carbons (Fsp3) is 0.222. The van der Waals surface area contributed by atoms with Crippen LogP contribution in [0, 0.1) is 10.1 Å². The molecule has 1 aromatic carbocycles. The number of sulfonamides is 1. The summed E-state index contributed by atoms with van der Waals surface area (Å²) in [6.07, 6.45) is -1.06. The first-order valence-electron chi connectivity index (χ1n) is 5.45. The number of hydrogen-bond donors (Lipinski definition) is 4. The average molecular weight is 319 g/mol. The molecule has 0 aliphatic carbocycles. The summed E-state index contributed by atoms with van der Waals surface area (Å²) in [5.74, 6) is 5.11. The third kappa shape index (κ3) is 4.55. The van der Waals surface area contributed by atoms with E-state index in [0.29, 0.717) is 0 Å². The molecular formula is C9H13N5O6S. The van der Waals surface area contributed by atoms with Gasteiger partial charge in [-0.05, 0) is 12.1 Å². The second-order valence-electron chi connectivity index (χ2n) is 3.65. The third-order valence-electron chi connectivity index (χ3n) is 2.25. The third-order valence-corrected chi connectivity index (χ3v) is 3.76. The van der Waals surface area contributed by atoms with Gasteiger partial charge in [0.15, 0.2) is 4.90 Å². The fourth-order valence-electron chi connectivity index (χ4n) is 1.38. The van der Waals surface area contributed by atoms with Crippen molar-refractivity contribution < 1.29 is 22.9 Å². The number of anilines is 1. The molecule has 0 bridgehead atoms. The predicted octanol–water partition coefficient (Wildman–Crippen LogP) is -0.746. The molecule has 0 fully saturated rings. The van der Waals surface area contributed by atoms with Crippen molar-refractivity contribution >= 4 is 27.5 Å². The first-order chi connectivity index (χ1) is 9.77. The lowest BCUT2D eigenvalue weighted by Gasteiger charge is -2.08. The molecule has 11 nitrogen and oxygen atoms in total. The molecule has 1 amide bonds. The van der Waals surface area contributed by atoms with E-state index in [4.69, 9.17) is 11.6 Å². The molecule has 116 valence electrons. The van der Waals surface area contributed by atoms with Crippen LogP contribution in [0.3, 0.4) is 0 Å². The number of nitrogens with one attached hydrogen (secondary N) is 2. The van der Waals surface area contributed by atoms with E-state index >= 15 is 0 Å². The van der Waals surface area contributed by atoms with Crippen LogP contribution < -0.4 is 21.7 Å². The lowest BCUT2D eigenvalue weighted by atomic mass is 10.3. The average Bonchev–Trinajstić information content (AvgIpc) is 2.42. The van der Waals surface area contributed by atoms with Gasteiger partial charge in [-0.3, -0.25) is 16.0 Å². The van der Waals surface area contributed by atoms with E-state index in [1.54, 1.807) is 0 Å². The molecule has 0 aliphatic rings. The Kier molecular flexibility index (Phi) is 5.40. The van der Waals surface area contributed by atoms with E-state index in [-0.39, 0.29) is 18.8 Å². The van der Waals surface area contributed by atoms with Crippen LogP contribution >= 0.6 is 0 Å². The number of ether oxygens (including phenoxy) is 1. The molecule has 12 heteroatoms. The summed E-state index contributed by atoms with van der Waals surface area (Å²) in [5, 5.41) is 10.9. The van der Waals surface area contributed by atoms with Gasteiger partial charge in [-0.15, -0.1) is 0 Å². The number of nitrogens with two attached hydrogens (primary N) is 2. The van der Waals surface area contributed by atoms with Crippen molar-refractivity contribution in [1.82, 2.24) is 4.72 Å². The minimum absolute atomic E-state index is 0.178. The van der Waals surface area contributed by atoms with E-state index in [1.807, 2.05) is 4.72 Å². The zero-order valence-corrected chi connectivity index (χ0v) is 11.4. The predicted molar refractivity (Wildman–Crippen MR) is 71.6 cm³/mol. The first-order valence-corrected chi connectivity index (χ1v) is 6.93. The minimum atomic E-state index is -4.15. The van der Waals surface area contributed by atoms with Crippen molar-refractivity contribution in [2.75, 3.05) is 18.6 Å². The quantitative estimate of drug-likeness (QED) is 0.219. The normalized spacial score (nSPS) is 10.9. The molecule has 0 saturated carbocycles. The van der Waals surface area contributed by atoms with Gasteiger partial charge in [-0.1, -0.05) is 0 Å². The van der Waals surface area contributed by atoms with Crippen molar-refractivity contribution in [2.45, 2.75) is 4.90 Å². The molecule has 0 aromatic heterocycles. The van der Waals surface area contributed by atoms with Crippen LogP contribution in [0.4, 0.5) is 16.2 Å². The summed E-state index contributed by atoms with van der Waals surface area (Å²) in [6.45, 7) is -0.579. The van der Waals surface area contributed by atoms with Gasteiger partial charge in [-0.2, -0.15) is 0 Å². The Morgan fingerprint density at radius 1 is 1.43 bits per heavy atom. The Hall–Kier alpha value is -2.44. The van der Waals surface area contributed by atoms with Crippen molar-refractivity contribution in [1.29, 1.82) is 0 Å². The molecule has 0 unspecified atom stereocenters. The van der Waals surface area contributed by atoms with Gasteiger partial charge in [0, 0.05) is 12.6 Å². The van der Waals surface area contributed by atoms with E-state index in [0.717, 1.165) is 12.1 Å². The Balaban J connectivity index is 2.97. The number of nitro groups is 1. The second-order valence-corrected chi connectivity index (χ2v) is 5.38. The van der Waals surface area contributed by atoms with Crippen molar-refractivity contribution in [3.63, 3.8) is 0 Å². The number of amides is 1. The lowest BCUT2D eigenvalue weighted by molar-refractivity contribution is -0.387. The monoisotopic (exact) mass is 319 g/mol. The SMILES string of the molecule is NNc1ccc(S(=O)(=O)NCCOC(N)=O)c([N+](=O)[O-])c1. The molecule has 6 N–H and O–H groups in total. The van der Waals surface area contributed by atoms with Crippen molar-refractivity contribution in [2.24, 2.45) is 11.6 Å². The van der Waals surface area contributed by atoms with Gasteiger partial charge < -0.3 is 15.9 Å². The van der Waals surface area contributed by atoms with E-state index in [1.165, 1.54) is 6.07 Å². The number of carbonyl (C=O) groups is 1. The maximum absolute atomic E-state index is 12.0. The van der Waals surface area contributed by atoms with Gasteiger partial charge in [0.25, 0.3) is 5.69 Å². The number of nitrogen functional groups attached to an aromatic ring is 1. The molecule has 0 heterocycles. The fourth-order valence-corrected chi connectivity index (χ4v) is 2.55.